The summed E-state index contributed by atoms with van der Waals surface area (Å²) in [4.78, 5) is 4.93. The van der Waals surface area contributed by atoms with Gasteiger partial charge in [-0.3, -0.25) is 0 Å². The number of nitrogens with zero attached hydrogens (tertiary/aromatic N) is 1. The summed E-state index contributed by atoms with van der Waals surface area (Å²) in [6.07, 6.45) is 0. The molecule has 5 heteroatoms. The number of benzene rings is 2. The molecule has 0 fully saturated rings. The first-order valence-corrected chi connectivity index (χ1v) is 10.0. The van der Waals surface area contributed by atoms with Gasteiger partial charge in [0, 0.05) is 40.5 Å². The molecule has 136 valence electrons. The standard InChI is InChI=1S/C22H19ClN2OS/c1-26-20-7-4-16-10-18(13-24-12-15-2-5-19(23)6-3-15)22(25-21(16)11-20)17-8-9-27-14-17/h2-11,14,24H,12-13H2,1H3. The van der Waals surface area contributed by atoms with E-state index in [1.807, 2.05) is 36.4 Å². The summed E-state index contributed by atoms with van der Waals surface area (Å²) < 4.78 is 5.35. The van der Waals surface area contributed by atoms with Crippen LogP contribution in [0.1, 0.15) is 11.1 Å². The van der Waals surface area contributed by atoms with Crippen molar-refractivity contribution in [3.05, 3.63) is 81.5 Å². The smallest absolute Gasteiger partial charge is 0.121 e. The highest BCUT2D eigenvalue weighted by atomic mass is 35.5. The number of rotatable bonds is 6. The molecule has 0 aliphatic carbocycles. The summed E-state index contributed by atoms with van der Waals surface area (Å²) in [7, 11) is 1.68. The van der Waals surface area contributed by atoms with Crippen LogP contribution in [0.25, 0.3) is 22.2 Å². The Labute approximate surface area is 167 Å². The van der Waals surface area contributed by atoms with E-state index in [0.717, 1.165) is 46.0 Å². The minimum atomic E-state index is 0.739. The summed E-state index contributed by atoms with van der Waals surface area (Å²) in [6, 6.07) is 18.3. The fraction of sp³-hybridized carbons (Fsp3) is 0.136. The molecule has 0 atom stereocenters. The van der Waals surface area contributed by atoms with Crippen LogP contribution in [0, 0.1) is 0 Å². The second-order valence-corrected chi connectivity index (χ2v) is 7.51. The van der Waals surface area contributed by atoms with Gasteiger partial charge in [-0.15, -0.1) is 0 Å². The quantitative estimate of drug-likeness (QED) is 0.441. The molecule has 0 radical (unpaired) electrons. The van der Waals surface area contributed by atoms with Crippen LogP contribution < -0.4 is 10.1 Å². The van der Waals surface area contributed by atoms with Crippen molar-refractivity contribution in [1.29, 1.82) is 0 Å². The Hall–Kier alpha value is -2.40. The van der Waals surface area contributed by atoms with Crippen LogP contribution >= 0.6 is 22.9 Å². The van der Waals surface area contributed by atoms with E-state index < -0.39 is 0 Å². The van der Waals surface area contributed by atoms with Crippen molar-refractivity contribution in [2.24, 2.45) is 0 Å². The largest absolute Gasteiger partial charge is 0.497 e. The lowest BCUT2D eigenvalue weighted by molar-refractivity contribution is 0.415. The van der Waals surface area contributed by atoms with Gasteiger partial charge in [0.25, 0.3) is 0 Å². The van der Waals surface area contributed by atoms with E-state index in [2.05, 4.69) is 34.3 Å². The fourth-order valence-electron chi connectivity index (χ4n) is 3.05. The van der Waals surface area contributed by atoms with Crippen LogP contribution in [0.4, 0.5) is 0 Å². The third-order valence-corrected chi connectivity index (χ3v) is 5.39. The molecule has 0 aliphatic rings. The molecule has 0 bridgehead atoms. The van der Waals surface area contributed by atoms with Crippen LogP contribution in [0.5, 0.6) is 5.75 Å². The van der Waals surface area contributed by atoms with Crippen LogP contribution in [0.2, 0.25) is 5.02 Å². The highest BCUT2D eigenvalue weighted by Gasteiger charge is 2.10. The zero-order valence-electron chi connectivity index (χ0n) is 14.9. The van der Waals surface area contributed by atoms with E-state index >= 15 is 0 Å². The number of fused-ring (bicyclic) bond motifs is 1. The van der Waals surface area contributed by atoms with Crippen LogP contribution in [-0.2, 0) is 13.1 Å². The van der Waals surface area contributed by atoms with Gasteiger partial charge >= 0.3 is 0 Å². The number of aromatic nitrogens is 1. The molecule has 0 unspecified atom stereocenters. The normalized spacial score (nSPS) is 11.0. The SMILES string of the molecule is COc1ccc2cc(CNCc3ccc(Cl)cc3)c(-c3ccsc3)nc2c1. The average molecular weight is 395 g/mol. The molecule has 0 saturated heterocycles. The van der Waals surface area contributed by atoms with Crippen molar-refractivity contribution in [3.63, 3.8) is 0 Å². The summed E-state index contributed by atoms with van der Waals surface area (Å²) >= 11 is 7.64. The summed E-state index contributed by atoms with van der Waals surface area (Å²) in [5.74, 6) is 0.819. The lowest BCUT2D eigenvalue weighted by Gasteiger charge is -2.12. The van der Waals surface area contributed by atoms with Gasteiger partial charge in [0.2, 0.25) is 0 Å². The first-order valence-electron chi connectivity index (χ1n) is 8.68. The second-order valence-electron chi connectivity index (χ2n) is 6.30. The maximum absolute atomic E-state index is 5.96. The minimum Gasteiger partial charge on any atom is -0.497 e. The number of halogens is 1. The molecule has 2 aromatic carbocycles. The van der Waals surface area contributed by atoms with Crippen LogP contribution in [0.15, 0.2) is 65.4 Å². The second kappa shape index (κ2) is 8.09. The lowest BCUT2D eigenvalue weighted by atomic mass is 10.0. The number of pyridine rings is 1. The summed E-state index contributed by atoms with van der Waals surface area (Å²) in [5.41, 5.74) is 5.49. The molecule has 27 heavy (non-hydrogen) atoms. The van der Waals surface area contributed by atoms with E-state index in [1.165, 1.54) is 11.1 Å². The van der Waals surface area contributed by atoms with Crippen molar-refractivity contribution in [2.45, 2.75) is 13.1 Å². The van der Waals surface area contributed by atoms with Crippen molar-refractivity contribution in [1.82, 2.24) is 10.3 Å². The van der Waals surface area contributed by atoms with E-state index in [1.54, 1.807) is 18.4 Å². The highest BCUT2D eigenvalue weighted by molar-refractivity contribution is 7.08. The molecular weight excluding hydrogens is 376 g/mol. The van der Waals surface area contributed by atoms with Gasteiger partial charge in [-0.05, 0) is 52.9 Å². The van der Waals surface area contributed by atoms with Crippen molar-refractivity contribution >= 4 is 33.8 Å². The number of nitrogens with one attached hydrogen (secondary N) is 1. The number of hydrogen-bond acceptors (Lipinski definition) is 4. The minimum absolute atomic E-state index is 0.739. The van der Waals surface area contributed by atoms with Crippen LogP contribution in [-0.4, -0.2) is 12.1 Å². The highest BCUT2D eigenvalue weighted by Crippen LogP contribution is 2.29. The average Bonchev–Trinajstić information content (AvgIpc) is 3.23. The molecule has 2 aromatic heterocycles. The van der Waals surface area contributed by atoms with E-state index in [4.69, 9.17) is 21.3 Å². The zero-order chi connectivity index (χ0) is 18.6. The summed E-state index contributed by atoms with van der Waals surface area (Å²) in [6.45, 7) is 1.52. The van der Waals surface area contributed by atoms with E-state index in [0.29, 0.717) is 0 Å². The third kappa shape index (κ3) is 4.14. The Bertz CT molecular complexity index is 1050. The van der Waals surface area contributed by atoms with Gasteiger partial charge in [-0.1, -0.05) is 23.7 Å². The molecule has 4 rings (SSSR count). The molecule has 4 aromatic rings. The van der Waals surface area contributed by atoms with Gasteiger partial charge in [0.1, 0.15) is 5.75 Å². The molecule has 0 spiro atoms. The first kappa shape index (κ1) is 18.0. The maximum atomic E-state index is 5.96. The number of ether oxygens (including phenoxy) is 1. The predicted octanol–water partition coefficient (Wildman–Crippen LogP) is 5.92. The van der Waals surface area contributed by atoms with Crippen molar-refractivity contribution in [3.8, 4) is 17.0 Å². The number of thiophene rings is 1. The monoisotopic (exact) mass is 394 g/mol. The van der Waals surface area contributed by atoms with Crippen molar-refractivity contribution < 1.29 is 4.74 Å². The van der Waals surface area contributed by atoms with Gasteiger partial charge in [0.15, 0.2) is 0 Å². The van der Waals surface area contributed by atoms with Gasteiger partial charge < -0.3 is 10.1 Å². The first-order chi connectivity index (χ1) is 13.2. The lowest BCUT2D eigenvalue weighted by Crippen LogP contribution is -2.13. The van der Waals surface area contributed by atoms with Crippen molar-refractivity contribution in [2.75, 3.05) is 7.11 Å². The number of hydrogen-bond donors (Lipinski definition) is 1. The molecule has 0 saturated carbocycles. The topological polar surface area (TPSA) is 34.1 Å². The zero-order valence-corrected chi connectivity index (χ0v) is 16.5. The Balaban J connectivity index is 1.63. The molecular formula is C22H19ClN2OS. The van der Waals surface area contributed by atoms with Gasteiger partial charge in [0.05, 0.1) is 18.3 Å². The van der Waals surface area contributed by atoms with E-state index in [-0.39, 0.29) is 0 Å². The molecule has 0 amide bonds. The van der Waals surface area contributed by atoms with Gasteiger partial charge in [-0.25, -0.2) is 4.98 Å². The Morgan fingerprint density at radius 3 is 2.63 bits per heavy atom. The van der Waals surface area contributed by atoms with Gasteiger partial charge in [-0.2, -0.15) is 11.3 Å². The Morgan fingerprint density at radius 1 is 1.04 bits per heavy atom. The predicted molar refractivity (Wildman–Crippen MR) is 114 cm³/mol. The molecule has 1 N–H and O–H groups in total. The van der Waals surface area contributed by atoms with E-state index in [9.17, 15) is 0 Å². The molecule has 2 heterocycles. The Kier molecular flexibility index (Phi) is 5.39. The number of methoxy groups -OCH3 is 1. The van der Waals surface area contributed by atoms with Crippen LogP contribution in [0.3, 0.4) is 0 Å². The molecule has 3 nitrogen and oxygen atoms in total. The summed E-state index contributed by atoms with van der Waals surface area (Å²) in [5, 5.41) is 9.61. The molecule has 0 aliphatic heterocycles. The Morgan fingerprint density at radius 2 is 1.89 bits per heavy atom. The maximum Gasteiger partial charge on any atom is 0.121 e. The third-order valence-electron chi connectivity index (χ3n) is 4.46. The fourth-order valence-corrected chi connectivity index (χ4v) is 3.81.